The maximum Gasteiger partial charge on any atom is 0.261 e. The number of hydrogen-bond donors (Lipinski definition) is 1. The van der Waals surface area contributed by atoms with Gasteiger partial charge in [-0.3, -0.25) is 4.79 Å². The van der Waals surface area contributed by atoms with E-state index < -0.39 is 6.10 Å². The Kier molecular flexibility index (Phi) is 6.12. The predicted molar refractivity (Wildman–Crippen MR) is 103 cm³/mol. The molecule has 0 aliphatic carbocycles. The fourth-order valence-corrected chi connectivity index (χ4v) is 2.58. The van der Waals surface area contributed by atoms with Crippen LogP contribution in [0.25, 0.3) is 0 Å². The molecule has 0 unspecified atom stereocenters. The van der Waals surface area contributed by atoms with Crippen LogP contribution in [0.15, 0.2) is 48.5 Å². The van der Waals surface area contributed by atoms with E-state index in [1.807, 2.05) is 6.92 Å². The summed E-state index contributed by atoms with van der Waals surface area (Å²) in [6, 6.07) is 15.3. The lowest BCUT2D eigenvalue weighted by Gasteiger charge is -2.22. The summed E-state index contributed by atoms with van der Waals surface area (Å²) in [5, 5.41) is 3.63. The van der Waals surface area contributed by atoms with Gasteiger partial charge in [0.2, 0.25) is 0 Å². The van der Waals surface area contributed by atoms with Crippen LogP contribution < -0.4 is 10.1 Å². The van der Waals surface area contributed by atoms with E-state index in [1.54, 1.807) is 31.2 Å². The molecule has 134 valence electrons. The highest BCUT2D eigenvalue weighted by molar-refractivity contribution is 6.30. The van der Waals surface area contributed by atoms with Crippen LogP contribution in [0.4, 0.5) is 0 Å². The average molecular weight is 360 g/mol. The zero-order chi connectivity index (χ0) is 18.6. The Morgan fingerprint density at radius 2 is 1.56 bits per heavy atom. The molecule has 1 N–H and O–H groups in total. The van der Waals surface area contributed by atoms with Crippen LogP contribution >= 0.6 is 11.6 Å². The van der Waals surface area contributed by atoms with E-state index in [2.05, 4.69) is 50.4 Å². The summed E-state index contributed by atoms with van der Waals surface area (Å²) in [6.07, 6.45) is -0.586. The van der Waals surface area contributed by atoms with Gasteiger partial charge in [-0.05, 0) is 54.7 Å². The Morgan fingerprint density at radius 1 is 1.00 bits per heavy atom. The van der Waals surface area contributed by atoms with Gasteiger partial charge in [-0.25, -0.2) is 0 Å². The minimum Gasteiger partial charge on any atom is -0.481 e. The van der Waals surface area contributed by atoms with Crippen LogP contribution in [0, 0.1) is 0 Å². The Hall–Kier alpha value is -2.00. The van der Waals surface area contributed by atoms with Gasteiger partial charge >= 0.3 is 0 Å². The lowest BCUT2D eigenvalue weighted by Crippen LogP contribution is -2.37. The Balaban J connectivity index is 1.95. The lowest BCUT2D eigenvalue weighted by molar-refractivity contribution is -0.127. The van der Waals surface area contributed by atoms with Crippen molar-refractivity contribution in [3.05, 3.63) is 64.7 Å². The van der Waals surface area contributed by atoms with Crippen molar-refractivity contribution in [2.45, 2.75) is 52.2 Å². The molecule has 2 rings (SSSR count). The second-order valence-electron chi connectivity index (χ2n) is 7.32. The Bertz CT molecular complexity index is 702. The molecule has 0 spiro atoms. The number of carbonyl (C=O) groups is 1. The molecular weight excluding hydrogens is 334 g/mol. The predicted octanol–water partition coefficient (Wildman–Crippen LogP) is 5.28. The SMILES string of the molecule is C[C@H](NC(=O)[C@@H](C)Oc1ccc(Cl)cc1)c1ccc(C(C)(C)C)cc1. The topological polar surface area (TPSA) is 38.3 Å². The van der Waals surface area contributed by atoms with E-state index in [0.29, 0.717) is 10.8 Å². The molecule has 25 heavy (non-hydrogen) atoms. The van der Waals surface area contributed by atoms with Crippen molar-refractivity contribution in [3.63, 3.8) is 0 Å². The van der Waals surface area contributed by atoms with E-state index in [9.17, 15) is 4.79 Å². The van der Waals surface area contributed by atoms with Crippen molar-refractivity contribution < 1.29 is 9.53 Å². The van der Waals surface area contributed by atoms with E-state index >= 15 is 0 Å². The van der Waals surface area contributed by atoms with E-state index in [-0.39, 0.29) is 17.4 Å². The first-order chi connectivity index (χ1) is 11.7. The molecule has 3 nitrogen and oxygen atoms in total. The minimum atomic E-state index is -0.586. The standard InChI is InChI=1S/C21H26ClNO2/c1-14(16-6-8-17(9-7-16)21(3,4)5)23-20(24)15(2)25-19-12-10-18(22)11-13-19/h6-15H,1-5H3,(H,23,24)/t14-,15+/m0/s1. The maximum atomic E-state index is 12.4. The normalized spacial score (nSPS) is 13.8. The number of benzene rings is 2. The van der Waals surface area contributed by atoms with Crippen molar-refractivity contribution in [2.24, 2.45) is 0 Å². The summed E-state index contributed by atoms with van der Waals surface area (Å²) in [6.45, 7) is 10.3. The van der Waals surface area contributed by atoms with Crippen LogP contribution in [0.5, 0.6) is 5.75 Å². The molecule has 2 aromatic carbocycles. The van der Waals surface area contributed by atoms with Gasteiger partial charge in [-0.1, -0.05) is 56.6 Å². The first-order valence-corrected chi connectivity index (χ1v) is 8.87. The number of ether oxygens (including phenoxy) is 1. The third-order valence-electron chi connectivity index (χ3n) is 4.13. The summed E-state index contributed by atoms with van der Waals surface area (Å²) >= 11 is 5.85. The summed E-state index contributed by atoms with van der Waals surface area (Å²) in [5.74, 6) is 0.469. The number of hydrogen-bond acceptors (Lipinski definition) is 2. The van der Waals surface area contributed by atoms with Gasteiger partial charge in [0.1, 0.15) is 5.75 Å². The summed E-state index contributed by atoms with van der Waals surface area (Å²) in [4.78, 5) is 12.4. The molecular formula is C21H26ClNO2. The molecule has 0 saturated carbocycles. The fraction of sp³-hybridized carbons (Fsp3) is 0.381. The molecule has 0 bridgehead atoms. The van der Waals surface area contributed by atoms with E-state index in [1.165, 1.54) is 5.56 Å². The highest BCUT2D eigenvalue weighted by atomic mass is 35.5. The third kappa shape index (κ3) is 5.50. The minimum absolute atomic E-state index is 0.0854. The molecule has 0 saturated heterocycles. The Labute approximate surface area is 155 Å². The lowest BCUT2D eigenvalue weighted by atomic mass is 9.86. The summed E-state index contributed by atoms with van der Waals surface area (Å²) in [5.41, 5.74) is 2.46. The number of rotatable bonds is 5. The second-order valence-corrected chi connectivity index (χ2v) is 7.75. The Morgan fingerprint density at radius 3 is 2.08 bits per heavy atom. The largest absolute Gasteiger partial charge is 0.481 e. The maximum absolute atomic E-state index is 12.4. The van der Waals surface area contributed by atoms with Crippen molar-refractivity contribution in [2.75, 3.05) is 0 Å². The number of carbonyl (C=O) groups excluding carboxylic acids is 1. The number of halogens is 1. The van der Waals surface area contributed by atoms with Crippen LogP contribution in [0.1, 0.15) is 51.8 Å². The van der Waals surface area contributed by atoms with Crippen molar-refractivity contribution in [1.82, 2.24) is 5.32 Å². The molecule has 0 radical (unpaired) electrons. The summed E-state index contributed by atoms with van der Waals surface area (Å²) in [7, 11) is 0. The second kappa shape index (κ2) is 7.92. The van der Waals surface area contributed by atoms with Crippen molar-refractivity contribution >= 4 is 17.5 Å². The van der Waals surface area contributed by atoms with Crippen LogP contribution in [0.2, 0.25) is 5.02 Å². The molecule has 0 heterocycles. The molecule has 0 aliphatic rings. The van der Waals surface area contributed by atoms with Crippen LogP contribution in [-0.4, -0.2) is 12.0 Å². The fourth-order valence-electron chi connectivity index (χ4n) is 2.46. The van der Waals surface area contributed by atoms with Gasteiger partial charge in [0, 0.05) is 5.02 Å². The van der Waals surface area contributed by atoms with Gasteiger partial charge in [-0.2, -0.15) is 0 Å². The van der Waals surface area contributed by atoms with Gasteiger partial charge < -0.3 is 10.1 Å². The monoisotopic (exact) mass is 359 g/mol. The molecule has 0 aliphatic heterocycles. The smallest absolute Gasteiger partial charge is 0.261 e. The first-order valence-electron chi connectivity index (χ1n) is 8.50. The van der Waals surface area contributed by atoms with E-state index in [0.717, 1.165) is 5.56 Å². The molecule has 0 fully saturated rings. The highest BCUT2D eigenvalue weighted by Crippen LogP contribution is 2.24. The highest BCUT2D eigenvalue weighted by Gasteiger charge is 2.19. The zero-order valence-electron chi connectivity index (χ0n) is 15.5. The molecule has 4 heteroatoms. The van der Waals surface area contributed by atoms with Gasteiger partial charge in [-0.15, -0.1) is 0 Å². The van der Waals surface area contributed by atoms with Gasteiger partial charge in [0.05, 0.1) is 6.04 Å². The van der Waals surface area contributed by atoms with Crippen molar-refractivity contribution in [3.8, 4) is 5.75 Å². The molecule has 0 aromatic heterocycles. The molecule has 2 atom stereocenters. The summed E-state index contributed by atoms with van der Waals surface area (Å²) < 4.78 is 5.66. The third-order valence-corrected chi connectivity index (χ3v) is 4.38. The van der Waals surface area contributed by atoms with Gasteiger partial charge in [0.25, 0.3) is 5.91 Å². The molecule has 1 amide bonds. The quantitative estimate of drug-likeness (QED) is 0.788. The number of amides is 1. The van der Waals surface area contributed by atoms with Crippen molar-refractivity contribution in [1.29, 1.82) is 0 Å². The van der Waals surface area contributed by atoms with Gasteiger partial charge in [0.15, 0.2) is 6.10 Å². The average Bonchev–Trinajstić information content (AvgIpc) is 2.56. The first kappa shape index (κ1) is 19.3. The van der Waals surface area contributed by atoms with Crippen LogP contribution in [-0.2, 0) is 10.2 Å². The van der Waals surface area contributed by atoms with Crippen LogP contribution in [0.3, 0.4) is 0 Å². The molecule has 2 aromatic rings. The number of nitrogens with one attached hydrogen (secondary N) is 1. The zero-order valence-corrected chi connectivity index (χ0v) is 16.2. The van der Waals surface area contributed by atoms with E-state index in [4.69, 9.17) is 16.3 Å².